The van der Waals surface area contributed by atoms with Gasteiger partial charge in [-0.15, -0.1) is 12.8 Å². The number of halogens is 1. The van der Waals surface area contributed by atoms with Crippen molar-refractivity contribution >= 4 is 43.1 Å². The fraction of sp³-hybridized carbons (Fsp3) is 0.400. The van der Waals surface area contributed by atoms with Gasteiger partial charge in [0.15, 0.2) is 9.84 Å². The van der Waals surface area contributed by atoms with E-state index >= 15 is 0 Å². The number of aliphatic hydroxyl groups excluding tert-OH is 1. The summed E-state index contributed by atoms with van der Waals surface area (Å²) in [5.41, 5.74) is 3.07. The van der Waals surface area contributed by atoms with Crippen LogP contribution in [0.3, 0.4) is 0 Å². The molecule has 0 bridgehead atoms. The van der Waals surface area contributed by atoms with Gasteiger partial charge in [-0.2, -0.15) is 0 Å². The monoisotopic (exact) mass is 621 g/mol. The Morgan fingerprint density at radius 3 is 2.33 bits per heavy atom. The van der Waals surface area contributed by atoms with E-state index < -0.39 is 9.84 Å². The fourth-order valence-corrected chi connectivity index (χ4v) is 6.21. The maximum absolute atomic E-state index is 11.7. The number of benzene rings is 3. The van der Waals surface area contributed by atoms with Crippen molar-refractivity contribution in [2.45, 2.75) is 62.9 Å². The largest absolute Gasteiger partial charge is 0.395 e. The molecule has 0 amide bonds. The Kier molecular flexibility index (Phi) is 13.0. The SMILES string of the molecule is C#C.CCC(C)(Cc1ccc2ccccc2c1)NCCO.CS(=O)(=O)c1ccc2nc(Cl)c(CN3CCCCC3)cc2c1. The zero-order chi connectivity index (χ0) is 31.5. The Balaban J connectivity index is 0.000000225. The molecule has 1 unspecified atom stereocenters. The highest BCUT2D eigenvalue weighted by molar-refractivity contribution is 7.90. The van der Waals surface area contributed by atoms with Crippen LogP contribution in [0, 0.1) is 12.8 Å². The lowest BCUT2D eigenvalue weighted by Crippen LogP contribution is -2.45. The number of pyridine rings is 1. The molecule has 4 aromatic rings. The summed E-state index contributed by atoms with van der Waals surface area (Å²) in [7, 11) is -3.22. The van der Waals surface area contributed by atoms with Gasteiger partial charge in [0.25, 0.3) is 0 Å². The van der Waals surface area contributed by atoms with Gasteiger partial charge in [0.05, 0.1) is 17.0 Å². The minimum atomic E-state index is -3.22. The molecule has 1 aliphatic heterocycles. The van der Waals surface area contributed by atoms with Crippen LogP contribution in [0.25, 0.3) is 21.7 Å². The van der Waals surface area contributed by atoms with Gasteiger partial charge < -0.3 is 10.4 Å². The number of hydrogen-bond acceptors (Lipinski definition) is 6. The minimum Gasteiger partial charge on any atom is -0.395 e. The Morgan fingerprint density at radius 2 is 1.67 bits per heavy atom. The molecule has 6 nitrogen and oxygen atoms in total. The third kappa shape index (κ3) is 10.0. The highest BCUT2D eigenvalue weighted by Gasteiger charge is 2.21. The first-order valence-corrected chi connectivity index (χ1v) is 17.1. The first kappa shape index (κ1) is 34.5. The highest BCUT2D eigenvalue weighted by atomic mass is 35.5. The summed E-state index contributed by atoms with van der Waals surface area (Å²) in [6.45, 7) is 8.18. The van der Waals surface area contributed by atoms with Gasteiger partial charge >= 0.3 is 0 Å². The van der Waals surface area contributed by atoms with Gasteiger partial charge in [0, 0.05) is 35.8 Å². The third-order valence-electron chi connectivity index (χ3n) is 7.94. The summed E-state index contributed by atoms with van der Waals surface area (Å²) in [6.07, 6.45) is 15.0. The lowest BCUT2D eigenvalue weighted by atomic mass is 9.89. The lowest BCUT2D eigenvalue weighted by molar-refractivity contribution is 0.221. The van der Waals surface area contributed by atoms with Gasteiger partial charge in [-0.1, -0.05) is 67.4 Å². The molecule has 1 atom stereocenters. The van der Waals surface area contributed by atoms with Crippen LogP contribution in [0.5, 0.6) is 0 Å². The summed E-state index contributed by atoms with van der Waals surface area (Å²) >= 11 is 6.30. The van der Waals surface area contributed by atoms with E-state index in [0.29, 0.717) is 16.6 Å². The molecule has 1 saturated heterocycles. The number of β-amino-alcohol motifs (C(OH)–C–C–N with tert-alkyl or cyclic N) is 1. The van der Waals surface area contributed by atoms with E-state index in [1.165, 1.54) is 41.9 Å². The second kappa shape index (κ2) is 16.2. The first-order valence-electron chi connectivity index (χ1n) is 14.8. The number of aliphatic hydroxyl groups is 1. The number of terminal acetylenes is 1. The molecular weight excluding hydrogens is 578 g/mol. The zero-order valence-corrected chi connectivity index (χ0v) is 27.1. The van der Waals surface area contributed by atoms with Crippen LogP contribution in [0.15, 0.2) is 71.6 Å². The molecule has 230 valence electrons. The molecule has 8 heteroatoms. The van der Waals surface area contributed by atoms with Crippen LogP contribution in [-0.2, 0) is 22.8 Å². The number of fused-ring (bicyclic) bond motifs is 2. The van der Waals surface area contributed by atoms with E-state index in [1.54, 1.807) is 18.2 Å². The molecule has 0 spiro atoms. The van der Waals surface area contributed by atoms with E-state index in [4.69, 9.17) is 16.7 Å². The highest BCUT2D eigenvalue weighted by Crippen LogP contribution is 2.25. The number of sulfone groups is 1. The van der Waals surface area contributed by atoms with Gasteiger partial charge in [-0.05, 0) is 86.3 Å². The lowest BCUT2D eigenvalue weighted by Gasteiger charge is -2.30. The number of nitrogens with zero attached hydrogens (tertiary/aromatic N) is 2. The van der Waals surface area contributed by atoms with Crippen molar-refractivity contribution in [1.82, 2.24) is 15.2 Å². The van der Waals surface area contributed by atoms with Crippen molar-refractivity contribution in [1.29, 1.82) is 0 Å². The fourth-order valence-electron chi connectivity index (χ4n) is 5.34. The summed E-state index contributed by atoms with van der Waals surface area (Å²) < 4.78 is 23.4. The standard InChI is InChI=1S/C17H23NO.C16H19ClN2O2S.C2H2/c1-3-17(2,18-10-11-19)13-14-8-9-15-6-4-5-7-16(15)12-14;1-22(20,21)14-5-6-15-12(10-14)9-13(16(17)18-15)11-19-7-3-2-4-8-19;1-2/h4-9,12,18-19H,3,10-11,13H2,1-2H3;5-6,9-10H,2-4,7-8,11H2,1H3;1-2H. The van der Waals surface area contributed by atoms with Gasteiger partial charge in [-0.3, -0.25) is 4.90 Å². The van der Waals surface area contributed by atoms with Crippen molar-refractivity contribution in [3.8, 4) is 12.8 Å². The summed E-state index contributed by atoms with van der Waals surface area (Å²) in [5.74, 6) is 0. The Labute approximate surface area is 262 Å². The van der Waals surface area contributed by atoms with Gasteiger partial charge in [-0.25, -0.2) is 13.4 Å². The Hall–Kier alpha value is -2.99. The molecule has 43 heavy (non-hydrogen) atoms. The molecule has 0 saturated carbocycles. The Morgan fingerprint density at radius 1 is 0.977 bits per heavy atom. The molecule has 0 aliphatic carbocycles. The van der Waals surface area contributed by atoms with E-state index in [-0.39, 0.29) is 12.1 Å². The van der Waals surface area contributed by atoms with Crippen molar-refractivity contribution in [3.05, 3.63) is 83.0 Å². The molecule has 3 aromatic carbocycles. The number of piperidine rings is 1. The van der Waals surface area contributed by atoms with Crippen LogP contribution in [0.2, 0.25) is 5.15 Å². The summed E-state index contributed by atoms with van der Waals surface area (Å²) in [5, 5.41) is 16.3. The third-order valence-corrected chi connectivity index (χ3v) is 9.37. The van der Waals surface area contributed by atoms with Crippen LogP contribution in [-0.4, -0.2) is 61.4 Å². The molecule has 2 N–H and O–H groups in total. The molecule has 1 fully saturated rings. The summed E-state index contributed by atoms with van der Waals surface area (Å²) in [6, 6.07) is 22.0. The average molecular weight is 622 g/mol. The van der Waals surface area contributed by atoms with Gasteiger partial charge in [0.1, 0.15) is 5.15 Å². The van der Waals surface area contributed by atoms with Crippen molar-refractivity contribution in [2.24, 2.45) is 0 Å². The van der Waals surface area contributed by atoms with Crippen LogP contribution < -0.4 is 5.32 Å². The molecule has 1 aromatic heterocycles. The number of likely N-dealkylation sites (tertiary alicyclic amines) is 1. The normalized spacial score (nSPS) is 15.1. The van der Waals surface area contributed by atoms with Crippen LogP contribution >= 0.6 is 11.6 Å². The van der Waals surface area contributed by atoms with Crippen LogP contribution in [0.1, 0.15) is 50.7 Å². The van der Waals surface area contributed by atoms with E-state index in [9.17, 15) is 8.42 Å². The zero-order valence-electron chi connectivity index (χ0n) is 25.5. The van der Waals surface area contributed by atoms with Gasteiger partial charge in [0.2, 0.25) is 0 Å². The molecule has 0 radical (unpaired) electrons. The maximum Gasteiger partial charge on any atom is 0.175 e. The molecule has 5 rings (SSSR count). The van der Waals surface area contributed by atoms with Crippen molar-refractivity contribution < 1.29 is 13.5 Å². The number of nitrogens with one attached hydrogen (secondary N) is 1. The first-order chi connectivity index (χ1) is 20.6. The second-order valence-corrected chi connectivity index (χ2v) is 13.7. The molecule has 2 heterocycles. The smallest absolute Gasteiger partial charge is 0.175 e. The quantitative estimate of drug-likeness (QED) is 0.161. The average Bonchev–Trinajstić information content (AvgIpc) is 3.01. The Bertz CT molecular complexity index is 1620. The maximum atomic E-state index is 11.7. The van der Waals surface area contributed by atoms with E-state index in [0.717, 1.165) is 48.9 Å². The molecule has 1 aliphatic rings. The summed E-state index contributed by atoms with van der Waals surface area (Å²) in [4.78, 5) is 7.09. The van der Waals surface area contributed by atoms with Crippen LogP contribution in [0.4, 0.5) is 0 Å². The topological polar surface area (TPSA) is 82.5 Å². The number of aromatic nitrogens is 1. The van der Waals surface area contributed by atoms with E-state index in [2.05, 4.69) is 84.4 Å². The van der Waals surface area contributed by atoms with Crippen molar-refractivity contribution in [2.75, 3.05) is 32.5 Å². The predicted molar refractivity (Wildman–Crippen MR) is 180 cm³/mol. The minimum absolute atomic E-state index is 0.0468. The number of hydrogen-bond donors (Lipinski definition) is 2. The van der Waals surface area contributed by atoms with E-state index in [1.807, 2.05) is 6.07 Å². The number of rotatable bonds is 9. The second-order valence-electron chi connectivity index (χ2n) is 11.3. The molecular formula is C35H44ClN3O3S. The predicted octanol–water partition coefficient (Wildman–Crippen LogP) is 6.66. The van der Waals surface area contributed by atoms with Crippen molar-refractivity contribution in [3.63, 3.8) is 0 Å².